The third kappa shape index (κ3) is 4.03. The van der Waals surface area contributed by atoms with Gasteiger partial charge in [-0.25, -0.2) is 0 Å². The molecule has 4 nitrogen and oxygen atoms in total. The summed E-state index contributed by atoms with van der Waals surface area (Å²) in [5, 5.41) is 3.58. The molecule has 1 saturated heterocycles. The van der Waals surface area contributed by atoms with Gasteiger partial charge in [-0.1, -0.05) is 29.8 Å². The molecule has 0 spiro atoms. The van der Waals surface area contributed by atoms with Gasteiger partial charge in [0, 0.05) is 5.69 Å². The van der Waals surface area contributed by atoms with E-state index in [1.807, 2.05) is 12.1 Å². The second-order valence-electron chi connectivity index (χ2n) is 5.75. The minimum atomic E-state index is -0.0153. The number of nitrogens with one attached hydrogen (secondary N) is 1. The van der Waals surface area contributed by atoms with Crippen LogP contribution in [0.3, 0.4) is 0 Å². The van der Waals surface area contributed by atoms with Crippen molar-refractivity contribution < 1.29 is 14.2 Å². The highest BCUT2D eigenvalue weighted by Gasteiger charge is 2.26. The molecule has 1 fully saturated rings. The fourth-order valence-electron chi connectivity index (χ4n) is 2.73. The molecule has 0 bridgehead atoms. The Kier molecular flexibility index (Phi) is 5.16. The summed E-state index contributed by atoms with van der Waals surface area (Å²) in [6.07, 6.45) is -0.0153. The van der Waals surface area contributed by atoms with Crippen molar-refractivity contribution in [2.75, 3.05) is 32.2 Å². The number of rotatable bonds is 5. The summed E-state index contributed by atoms with van der Waals surface area (Å²) in [6.45, 7) is 3.97. The normalized spacial score (nSPS) is 19.1. The summed E-state index contributed by atoms with van der Waals surface area (Å²) in [4.78, 5) is 0. The third-order valence-corrected chi connectivity index (χ3v) is 4.06. The van der Waals surface area contributed by atoms with Gasteiger partial charge in [-0.15, -0.1) is 0 Å². The van der Waals surface area contributed by atoms with Crippen molar-refractivity contribution in [2.24, 2.45) is 0 Å². The Bertz CT molecular complexity index is 604. The van der Waals surface area contributed by atoms with Crippen molar-refractivity contribution in [3.63, 3.8) is 0 Å². The maximum Gasteiger partial charge on any atom is 0.118 e. The lowest BCUT2D eigenvalue weighted by atomic mass is 10.0. The molecule has 2 unspecified atom stereocenters. The molecule has 2 aromatic carbocycles. The average molecular weight is 313 g/mol. The molecule has 2 atom stereocenters. The molecule has 1 heterocycles. The quantitative estimate of drug-likeness (QED) is 0.916. The second-order valence-corrected chi connectivity index (χ2v) is 5.75. The van der Waals surface area contributed by atoms with Crippen molar-refractivity contribution in [1.29, 1.82) is 0 Å². The topological polar surface area (TPSA) is 39.7 Å². The number of ether oxygens (including phenoxy) is 3. The summed E-state index contributed by atoms with van der Waals surface area (Å²) in [5.41, 5.74) is 3.47. The average Bonchev–Trinajstić information content (AvgIpc) is 2.62. The van der Waals surface area contributed by atoms with Crippen LogP contribution in [0.25, 0.3) is 0 Å². The summed E-state index contributed by atoms with van der Waals surface area (Å²) in [5.74, 6) is 0.851. The first kappa shape index (κ1) is 15.8. The number of hydrogen-bond acceptors (Lipinski definition) is 4. The van der Waals surface area contributed by atoms with Crippen molar-refractivity contribution in [3.05, 3.63) is 59.7 Å². The van der Waals surface area contributed by atoms with E-state index in [1.54, 1.807) is 7.11 Å². The fraction of sp³-hybridized carbons (Fsp3) is 0.368. The lowest BCUT2D eigenvalue weighted by molar-refractivity contribution is -0.0950. The molecule has 1 aliphatic rings. The number of aryl methyl sites for hydroxylation is 1. The van der Waals surface area contributed by atoms with Crippen LogP contribution in [-0.2, 0) is 9.47 Å². The van der Waals surface area contributed by atoms with Gasteiger partial charge < -0.3 is 19.5 Å². The standard InChI is InChI=1S/C19H23NO3/c1-14-3-7-16(8-4-14)20-19(18-13-22-11-12-23-18)15-5-9-17(21-2)10-6-15/h3-10,18-20H,11-13H2,1-2H3. The lowest BCUT2D eigenvalue weighted by Crippen LogP contribution is -2.37. The third-order valence-electron chi connectivity index (χ3n) is 4.06. The minimum Gasteiger partial charge on any atom is -0.497 e. The molecule has 1 N–H and O–H groups in total. The molecule has 0 aliphatic carbocycles. The summed E-state index contributed by atoms with van der Waals surface area (Å²) >= 11 is 0. The van der Waals surface area contributed by atoms with Crippen LogP contribution in [-0.4, -0.2) is 33.0 Å². The molecule has 23 heavy (non-hydrogen) atoms. The molecule has 0 radical (unpaired) electrons. The Morgan fingerprint density at radius 1 is 1.04 bits per heavy atom. The van der Waals surface area contributed by atoms with Gasteiger partial charge in [0.05, 0.1) is 33.0 Å². The van der Waals surface area contributed by atoms with Crippen LogP contribution in [0.2, 0.25) is 0 Å². The Morgan fingerprint density at radius 2 is 1.78 bits per heavy atom. The van der Waals surface area contributed by atoms with E-state index in [0.29, 0.717) is 19.8 Å². The second kappa shape index (κ2) is 7.49. The zero-order valence-electron chi connectivity index (χ0n) is 13.6. The van der Waals surface area contributed by atoms with E-state index in [4.69, 9.17) is 14.2 Å². The fourth-order valence-corrected chi connectivity index (χ4v) is 2.73. The van der Waals surface area contributed by atoms with Crippen molar-refractivity contribution in [1.82, 2.24) is 0 Å². The van der Waals surface area contributed by atoms with E-state index >= 15 is 0 Å². The lowest BCUT2D eigenvalue weighted by Gasteiger charge is -2.32. The number of anilines is 1. The van der Waals surface area contributed by atoms with Gasteiger partial charge in [0.1, 0.15) is 11.9 Å². The summed E-state index contributed by atoms with van der Waals surface area (Å²) in [7, 11) is 1.68. The van der Waals surface area contributed by atoms with Gasteiger partial charge in [0.2, 0.25) is 0 Å². The van der Waals surface area contributed by atoms with E-state index in [2.05, 4.69) is 48.6 Å². The van der Waals surface area contributed by atoms with Crippen molar-refractivity contribution >= 4 is 5.69 Å². The van der Waals surface area contributed by atoms with E-state index < -0.39 is 0 Å². The Balaban J connectivity index is 1.83. The van der Waals surface area contributed by atoms with E-state index in [0.717, 1.165) is 17.0 Å². The number of hydrogen-bond donors (Lipinski definition) is 1. The van der Waals surface area contributed by atoms with Crippen molar-refractivity contribution in [3.8, 4) is 5.75 Å². The smallest absolute Gasteiger partial charge is 0.118 e. The van der Waals surface area contributed by atoms with Crippen LogP contribution in [0.5, 0.6) is 5.75 Å². The van der Waals surface area contributed by atoms with Crippen LogP contribution >= 0.6 is 0 Å². The first-order valence-corrected chi connectivity index (χ1v) is 7.93. The highest BCUT2D eigenvalue weighted by Crippen LogP contribution is 2.28. The molecule has 2 aromatic rings. The zero-order valence-corrected chi connectivity index (χ0v) is 13.6. The molecule has 4 heteroatoms. The van der Waals surface area contributed by atoms with Gasteiger partial charge >= 0.3 is 0 Å². The molecule has 3 rings (SSSR count). The first-order chi connectivity index (χ1) is 11.3. The highest BCUT2D eigenvalue weighted by molar-refractivity contribution is 5.47. The summed E-state index contributed by atoms with van der Waals surface area (Å²) in [6, 6.07) is 16.5. The van der Waals surface area contributed by atoms with Gasteiger partial charge in [-0.2, -0.15) is 0 Å². The number of methoxy groups -OCH3 is 1. The largest absolute Gasteiger partial charge is 0.497 e. The van der Waals surface area contributed by atoms with Crippen LogP contribution < -0.4 is 10.1 Å². The Labute approximate surface area is 137 Å². The summed E-state index contributed by atoms with van der Waals surface area (Å²) < 4.78 is 16.8. The molecule has 0 aromatic heterocycles. The van der Waals surface area contributed by atoms with Crippen LogP contribution in [0.15, 0.2) is 48.5 Å². The van der Waals surface area contributed by atoms with Gasteiger partial charge in [0.25, 0.3) is 0 Å². The van der Waals surface area contributed by atoms with Gasteiger partial charge in [-0.3, -0.25) is 0 Å². The molecule has 0 amide bonds. The SMILES string of the molecule is COc1ccc(C(Nc2ccc(C)cc2)C2COCCO2)cc1. The van der Waals surface area contributed by atoms with E-state index in [-0.39, 0.29) is 12.1 Å². The van der Waals surface area contributed by atoms with Crippen LogP contribution in [0.4, 0.5) is 5.69 Å². The molecular weight excluding hydrogens is 290 g/mol. The minimum absolute atomic E-state index is 0.0153. The van der Waals surface area contributed by atoms with Crippen LogP contribution in [0, 0.1) is 6.92 Å². The maximum atomic E-state index is 5.93. The first-order valence-electron chi connectivity index (χ1n) is 7.93. The Morgan fingerprint density at radius 3 is 2.39 bits per heavy atom. The number of benzene rings is 2. The predicted octanol–water partition coefficient (Wildman–Crippen LogP) is 3.57. The molecular formula is C19H23NO3. The molecule has 122 valence electrons. The predicted molar refractivity (Wildman–Crippen MR) is 91.1 cm³/mol. The van der Waals surface area contributed by atoms with Gasteiger partial charge in [0.15, 0.2) is 0 Å². The van der Waals surface area contributed by atoms with E-state index in [1.165, 1.54) is 5.56 Å². The zero-order chi connectivity index (χ0) is 16.1. The Hall–Kier alpha value is -2.04. The van der Waals surface area contributed by atoms with Crippen molar-refractivity contribution in [2.45, 2.75) is 19.1 Å². The maximum absolute atomic E-state index is 5.93. The highest BCUT2D eigenvalue weighted by atomic mass is 16.6. The van der Waals surface area contributed by atoms with E-state index in [9.17, 15) is 0 Å². The van der Waals surface area contributed by atoms with Gasteiger partial charge in [-0.05, 0) is 36.8 Å². The van der Waals surface area contributed by atoms with Crippen LogP contribution in [0.1, 0.15) is 17.2 Å². The monoisotopic (exact) mass is 313 g/mol. The molecule has 0 saturated carbocycles. The molecule has 1 aliphatic heterocycles.